The van der Waals surface area contributed by atoms with Crippen molar-refractivity contribution in [3.05, 3.63) is 49.1 Å². The molecule has 1 aliphatic carbocycles. The number of carbonyl (C=O) groups excluding carboxylic acids is 1. The Labute approximate surface area is 129 Å². The molecule has 0 aromatic heterocycles. The summed E-state index contributed by atoms with van der Waals surface area (Å²) in [5.74, 6) is -1.14. The molecule has 22 heavy (non-hydrogen) atoms. The molecular formula is C17H20N2O3. The topological polar surface area (TPSA) is 69.6 Å². The number of aromatic carboxylic acids is 1. The Balaban J connectivity index is 2.28. The highest BCUT2D eigenvalue weighted by molar-refractivity contribution is 6.02. The monoisotopic (exact) mass is 300 g/mol. The lowest BCUT2D eigenvalue weighted by Gasteiger charge is -2.22. The molecule has 0 aliphatic heterocycles. The van der Waals surface area contributed by atoms with Crippen molar-refractivity contribution in [2.24, 2.45) is 5.92 Å². The van der Waals surface area contributed by atoms with E-state index in [2.05, 4.69) is 18.5 Å². The zero-order valence-electron chi connectivity index (χ0n) is 12.4. The summed E-state index contributed by atoms with van der Waals surface area (Å²) < 4.78 is 0. The van der Waals surface area contributed by atoms with Gasteiger partial charge in [-0.15, -0.1) is 13.2 Å². The highest BCUT2D eigenvalue weighted by Gasteiger charge is 2.30. The van der Waals surface area contributed by atoms with E-state index in [0.29, 0.717) is 18.8 Å². The molecule has 2 rings (SSSR count). The van der Waals surface area contributed by atoms with Crippen LogP contribution in [0.25, 0.3) is 0 Å². The van der Waals surface area contributed by atoms with Gasteiger partial charge in [0.05, 0.1) is 11.3 Å². The molecule has 0 unspecified atom stereocenters. The van der Waals surface area contributed by atoms with Crippen LogP contribution in [0.4, 0.5) is 11.4 Å². The number of carboxylic acids is 1. The van der Waals surface area contributed by atoms with Crippen LogP contribution in [0.5, 0.6) is 0 Å². The van der Waals surface area contributed by atoms with Gasteiger partial charge >= 0.3 is 5.97 Å². The van der Waals surface area contributed by atoms with E-state index in [1.807, 2.05) is 4.90 Å². The van der Waals surface area contributed by atoms with Gasteiger partial charge in [0, 0.05) is 24.7 Å². The number of carbonyl (C=O) groups is 2. The van der Waals surface area contributed by atoms with Crippen LogP contribution in [0.1, 0.15) is 23.2 Å². The average Bonchev–Trinajstić information content (AvgIpc) is 3.32. The third-order valence-corrected chi connectivity index (χ3v) is 3.50. The molecule has 1 aromatic carbocycles. The lowest BCUT2D eigenvalue weighted by atomic mass is 10.1. The first-order valence-electron chi connectivity index (χ1n) is 7.21. The third-order valence-electron chi connectivity index (χ3n) is 3.50. The van der Waals surface area contributed by atoms with Crippen LogP contribution in [0, 0.1) is 5.92 Å². The molecule has 1 amide bonds. The molecule has 1 saturated carbocycles. The minimum absolute atomic E-state index is 0.0272. The minimum Gasteiger partial charge on any atom is -0.478 e. The summed E-state index contributed by atoms with van der Waals surface area (Å²) in [7, 11) is 0. The summed E-state index contributed by atoms with van der Waals surface area (Å²) in [6.45, 7) is 8.56. The van der Waals surface area contributed by atoms with Gasteiger partial charge in [0.1, 0.15) is 0 Å². The summed E-state index contributed by atoms with van der Waals surface area (Å²) >= 11 is 0. The van der Waals surface area contributed by atoms with E-state index in [1.165, 1.54) is 0 Å². The first-order valence-corrected chi connectivity index (χ1v) is 7.21. The molecule has 5 heteroatoms. The number of amides is 1. The number of nitrogens with one attached hydrogen (secondary N) is 1. The maximum atomic E-state index is 11.8. The number of nitrogens with zero attached hydrogens (tertiary/aromatic N) is 1. The summed E-state index contributed by atoms with van der Waals surface area (Å²) in [6.07, 6.45) is 5.23. The van der Waals surface area contributed by atoms with Crippen molar-refractivity contribution < 1.29 is 14.7 Å². The Morgan fingerprint density at radius 2 is 1.91 bits per heavy atom. The molecule has 5 nitrogen and oxygen atoms in total. The van der Waals surface area contributed by atoms with Gasteiger partial charge in [0.2, 0.25) is 5.91 Å². The quantitative estimate of drug-likeness (QED) is 0.724. The molecule has 0 atom stereocenters. The molecule has 1 aromatic rings. The van der Waals surface area contributed by atoms with Crippen molar-refractivity contribution >= 4 is 23.3 Å². The second kappa shape index (κ2) is 6.93. The van der Waals surface area contributed by atoms with E-state index in [1.54, 1.807) is 30.4 Å². The smallest absolute Gasteiger partial charge is 0.337 e. The summed E-state index contributed by atoms with van der Waals surface area (Å²) in [5, 5.41) is 12.1. The van der Waals surface area contributed by atoms with Gasteiger partial charge in [-0.25, -0.2) is 4.79 Å². The average molecular weight is 300 g/mol. The van der Waals surface area contributed by atoms with Gasteiger partial charge < -0.3 is 15.3 Å². The van der Waals surface area contributed by atoms with Crippen molar-refractivity contribution in [3.8, 4) is 0 Å². The molecular weight excluding hydrogens is 280 g/mol. The van der Waals surface area contributed by atoms with Gasteiger partial charge in [-0.2, -0.15) is 0 Å². The molecule has 0 saturated heterocycles. The predicted molar refractivity (Wildman–Crippen MR) is 87.4 cm³/mol. The lowest BCUT2D eigenvalue weighted by molar-refractivity contribution is -0.117. The Bertz CT molecular complexity index is 596. The highest BCUT2D eigenvalue weighted by atomic mass is 16.4. The molecule has 1 fully saturated rings. The molecule has 0 bridgehead atoms. The van der Waals surface area contributed by atoms with Crippen molar-refractivity contribution in [2.75, 3.05) is 23.3 Å². The fraction of sp³-hybridized carbons (Fsp3) is 0.294. The second-order valence-corrected chi connectivity index (χ2v) is 5.28. The molecule has 0 spiro atoms. The van der Waals surface area contributed by atoms with Crippen LogP contribution in [0.15, 0.2) is 43.5 Å². The van der Waals surface area contributed by atoms with Gasteiger partial charge in [0.15, 0.2) is 0 Å². The standard InChI is InChI=1S/C17H20N2O3/c1-3-9-19(10-4-2)13-7-8-15(14(11-13)17(21)22)18-16(20)12-5-6-12/h3-4,7-8,11-12H,1-2,5-6,9-10H2,(H,18,20)(H,21,22). The predicted octanol–water partition coefficient (Wildman–Crippen LogP) is 2.91. The van der Waals surface area contributed by atoms with Crippen molar-refractivity contribution in [2.45, 2.75) is 12.8 Å². The number of benzene rings is 1. The number of anilines is 2. The van der Waals surface area contributed by atoms with Crippen LogP contribution in [-0.2, 0) is 4.79 Å². The number of hydrogen-bond acceptors (Lipinski definition) is 3. The van der Waals surface area contributed by atoms with Crippen molar-refractivity contribution in [1.29, 1.82) is 0 Å². The fourth-order valence-corrected chi connectivity index (χ4v) is 2.19. The minimum atomic E-state index is -1.06. The molecule has 0 radical (unpaired) electrons. The summed E-state index contributed by atoms with van der Waals surface area (Å²) in [5.41, 5.74) is 1.18. The number of hydrogen-bond donors (Lipinski definition) is 2. The van der Waals surface area contributed by atoms with E-state index in [0.717, 1.165) is 18.5 Å². The van der Waals surface area contributed by atoms with Crippen LogP contribution >= 0.6 is 0 Å². The maximum absolute atomic E-state index is 11.8. The number of rotatable bonds is 8. The first kappa shape index (κ1) is 15.8. The normalized spacial score (nSPS) is 13.3. The molecule has 116 valence electrons. The zero-order chi connectivity index (χ0) is 16.1. The van der Waals surface area contributed by atoms with E-state index < -0.39 is 5.97 Å². The van der Waals surface area contributed by atoms with Gasteiger partial charge in [-0.05, 0) is 31.0 Å². The van der Waals surface area contributed by atoms with Crippen molar-refractivity contribution in [3.63, 3.8) is 0 Å². The van der Waals surface area contributed by atoms with Crippen molar-refractivity contribution in [1.82, 2.24) is 0 Å². The molecule has 2 N–H and O–H groups in total. The van der Waals surface area contributed by atoms with Crippen LogP contribution in [0.3, 0.4) is 0 Å². The van der Waals surface area contributed by atoms with Gasteiger partial charge in [0.25, 0.3) is 0 Å². The van der Waals surface area contributed by atoms with E-state index in [4.69, 9.17) is 0 Å². The largest absolute Gasteiger partial charge is 0.478 e. The molecule has 0 heterocycles. The maximum Gasteiger partial charge on any atom is 0.337 e. The summed E-state index contributed by atoms with van der Waals surface area (Å²) in [6, 6.07) is 5.00. The Hall–Kier alpha value is -2.56. The Kier molecular flexibility index (Phi) is 4.99. The SMILES string of the molecule is C=CCN(CC=C)c1ccc(NC(=O)C2CC2)c(C(=O)O)c1. The van der Waals surface area contributed by atoms with Gasteiger partial charge in [-0.3, -0.25) is 4.79 Å². The fourth-order valence-electron chi connectivity index (χ4n) is 2.19. The number of carboxylic acid groups (broad SMARTS) is 1. The molecule has 1 aliphatic rings. The Morgan fingerprint density at radius 1 is 1.27 bits per heavy atom. The second-order valence-electron chi connectivity index (χ2n) is 5.28. The van der Waals surface area contributed by atoms with Crippen LogP contribution < -0.4 is 10.2 Å². The van der Waals surface area contributed by atoms with E-state index in [-0.39, 0.29) is 17.4 Å². The third kappa shape index (κ3) is 3.75. The summed E-state index contributed by atoms with van der Waals surface area (Å²) in [4.78, 5) is 25.2. The Morgan fingerprint density at radius 3 is 2.41 bits per heavy atom. The lowest BCUT2D eigenvalue weighted by Crippen LogP contribution is -2.24. The zero-order valence-corrected chi connectivity index (χ0v) is 12.4. The first-order chi connectivity index (χ1) is 10.6. The van der Waals surface area contributed by atoms with Crippen LogP contribution in [-0.4, -0.2) is 30.1 Å². The van der Waals surface area contributed by atoms with E-state index in [9.17, 15) is 14.7 Å². The van der Waals surface area contributed by atoms with Crippen LogP contribution in [0.2, 0.25) is 0 Å². The highest BCUT2D eigenvalue weighted by Crippen LogP contribution is 2.31. The van der Waals surface area contributed by atoms with Gasteiger partial charge in [-0.1, -0.05) is 12.2 Å². The van der Waals surface area contributed by atoms with E-state index >= 15 is 0 Å².